The first kappa shape index (κ1) is 20.6. The quantitative estimate of drug-likeness (QED) is 0.711. The van der Waals surface area contributed by atoms with Crippen LogP contribution in [0, 0.1) is 5.92 Å². The first-order valence-corrected chi connectivity index (χ1v) is 9.78. The van der Waals surface area contributed by atoms with E-state index in [0.29, 0.717) is 17.0 Å². The van der Waals surface area contributed by atoms with Crippen LogP contribution in [-0.2, 0) is 20.9 Å². The number of hydrogen-bond donors (Lipinski definition) is 2. The predicted molar refractivity (Wildman–Crippen MR) is 104 cm³/mol. The Balaban J connectivity index is 1.40. The zero-order valence-corrected chi connectivity index (χ0v) is 16.3. The van der Waals surface area contributed by atoms with Crippen LogP contribution in [0.3, 0.4) is 0 Å². The van der Waals surface area contributed by atoms with E-state index in [-0.39, 0.29) is 19.0 Å². The Hall–Kier alpha value is -3.10. The molecular weight excluding hydrogens is 378 g/mol. The van der Waals surface area contributed by atoms with E-state index in [2.05, 4.69) is 17.6 Å². The van der Waals surface area contributed by atoms with Gasteiger partial charge in [-0.05, 0) is 30.9 Å². The van der Waals surface area contributed by atoms with E-state index in [9.17, 15) is 19.2 Å². The van der Waals surface area contributed by atoms with Crippen LogP contribution >= 0.6 is 0 Å². The minimum atomic E-state index is -0.703. The Bertz CT molecular complexity index is 947. The summed E-state index contributed by atoms with van der Waals surface area (Å²) < 4.78 is 11.3. The van der Waals surface area contributed by atoms with Gasteiger partial charge in [-0.15, -0.1) is 0 Å². The topological polar surface area (TPSA) is 120 Å². The van der Waals surface area contributed by atoms with Crippen LogP contribution < -0.4 is 16.4 Å². The van der Waals surface area contributed by atoms with Gasteiger partial charge in [0.15, 0.2) is 12.2 Å². The molecule has 9 heteroatoms. The van der Waals surface area contributed by atoms with Crippen LogP contribution in [0.25, 0.3) is 11.1 Å². The second-order valence-electron chi connectivity index (χ2n) is 7.29. The summed E-state index contributed by atoms with van der Waals surface area (Å²) in [6.07, 6.45) is 4.03. The molecule has 29 heavy (non-hydrogen) atoms. The molecular formula is C20H25N3O6. The fraction of sp³-hybridized carbons (Fsp3) is 0.500. The molecule has 1 aliphatic rings. The molecule has 3 amide bonds. The number of urea groups is 1. The number of carbonyl (C=O) groups is 3. The number of aromatic nitrogens is 1. The number of aryl methyl sites for hydroxylation is 1. The van der Waals surface area contributed by atoms with Gasteiger partial charge in [0.25, 0.3) is 5.91 Å². The molecule has 3 rings (SSSR count). The molecule has 1 aromatic heterocycles. The van der Waals surface area contributed by atoms with Crippen molar-refractivity contribution in [3.05, 3.63) is 34.8 Å². The average molecular weight is 403 g/mol. The van der Waals surface area contributed by atoms with Gasteiger partial charge in [-0.2, -0.15) is 0 Å². The molecule has 2 atom stereocenters. The molecule has 156 valence electrons. The SMILES string of the molecule is C[C@H]1CCCC[C@@H]1NC(=O)NC(=O)COC(=O)CCn1c(=O)oc2ccccc21. The van der Waals surface area contributed by atoms with Crippen LogP contribution in [0.2, 0.25) is 0 Å². The summed E-state index contributed by atoms with van der Waals surface area (Å²) in [5.74, 6) is -1.56. The monoisotopic (exact) mass is 403 g/mol. The lowest BCUT2D eigenvalue weighted by Crippen LogP contribution is -2.48. The lowest BCUT2D eigenvalue weighted by atomic mass is 9.86. The summed E-state index contributed by atoms with van der Waals surface area (Å²) in [6.45, 7) is 1.58. The molecule has 9 nitrogen and oxygen atoms in total. The molecule has 0 spiro atoms. The van der Waals surface area contributed by atoms with Crippen molar-refractivity contribution in [3.63, 3.8) is 0 Å². The lowest BCUT2D eigenvalue weighted by molar-refractivity contribution is -0.148. The first-order valence-electron chi connectivity index (χ1n) is 9.78. The number of rotatable bonds is 6. The summed E-state index contributed by atoms with van der Waals surface area (Å²) in [5, 5.41) is 4.96. The summed E-state index contributed by atoms with van der Waals surface area (Å²) in [7, 11) is 0. The predicted octanol–water partition coefficient (Wildman–Crippen LogP) is 1.93. The van der Waals surface area contributed by atoms with Crippen molar-refractivity contribution in [3.8, 4) is 0 Å². The van der Waals surface area contributed by atoms with Gasteiger partial charge in [0.2, 0.25) is 0 Å². The minimum absolute atomic E-state index is 0.0437. The molecule has 0 unspecified atom stereocenters. The third-order valence-corrected chi connectivity index (χ3v) is 5.16. The van der Waals surface area contributed by atoms with Crippen molar-refractivity contribution in [2.75, 3.05) is 6.61 Å². The minimum Gasteiger partial charge on any atom is -0.456 e. The van der Waals surface area contributed by atoms with E-state index in [1.165, 1.54) is 4.57 Å². The van der Waals surface area contributed by atoms with Crippen LogP contribution in [-0.4, -0.2) is 35.1 Å². The first-order chi connectivity index (χ1) is 13.9. The van der Waals surface area contributed by atoms with Gasteiger partial charge in [-0.3, -0.25) is 19.5 Å². The molecule has 1 aromatic carbocycles. The smallest absolute Gasteiger partial charge is 0.419 e. The highest BCUT2D eigenvalue weighted by molar-refractivity contribution is 5.95. The number of hydrogen-bond acceptors (Lipinski definition) is 6. The molecule has 0 aliphatic heterocycles. The highest BCUT2D eigenvalue weighted by atomic mass is 16.5. The summed E-state index contributed by atoms with van der Waals surface area (Å²) in [6, 6.07) is 6.34. The van der Waals surface area contributed by atoms with E-state index in [1.54, 1.807) is 24.3 Å². The third-order valence-electron chi connectivity index (χ3n) is 5.16. The number of oxazole rings is 1. The van der Waals surface area contributed by atoms with Gasteiger partial charge in [0, 0.05) is 12.6 Å². The molecule has 0 saturated heterocycles. The molecule has 1 saturated carbocycles. The number of esters is 1. The number of carbonyl (C=O) groups excluding carboxylic acids is 3. The van der Waals surface area contributed by atoms with Crippen LogP contribution in [0.1, 0.15) is 39.0 Å². The normalized spacial score (nSPS) is 18.9. The Morgan fingerprint density at radius 2 is 1.97 bits per heavy atom. The highest BCUT2D eigenvalue weighted by Crippen LogP contribution is 2.23. The number of fused-ring (bicyclic) bond motifs is 1. The zero-order valence-electron chi connectivity index (χ0n) is 16.3. The maximum absolute atomic E-state index is 11.9. The van der Waals surface area contributed by atoms with Crippen molar-refractivity contribution in [1.82, 2.24) is 15.2 Å². The number of ether oxygens (including phenoxy) is 1. The summed E-state index contributed by atoms with van der Waals surface area (Å²) >= 11 is 0. The second-order valence-corrected chi connectivity index (χ2v) is 7.29. The Labute approximate surface area is 167 Å². The fourth-order valence-electron chi connectivity index (χ4n) is 3.54. The van der Waals surface area contributed by atoms with E-state index in [4.69, 9.17) is 9.15 Å². The number of amides is 3. The molecule has 1 heterocycles. The number of benzene rings is 1. The Morgan fingerprint density at radius 3 is 2.76 bits per heavy atom. The van der Waals surface area contributed by atoms with Gasteiger partial charge >= 0.3 is 17.8 Å². The number of nitrogens with zero attached hydrogens (tertiary/aromatic N) is 1. The van der Waals surface area contributed by atoms with E-state index in [1.807, 2.05) is 0 Å². The van der Waals surface area contributed by atoms with Crippen molar-refractivity contribution in [2.24, 2.45) is 5.92 Å². The van der Waals surface area contributed by atoms with Gasteiger partial charge in [0.05, 0.1) is 11.9 Å². The summed E-state index contributed by atoms with van der Waals surface area (Å²) in [5.41, 5.74) is 1.01. The highest BCUT2D eigenvalue weighted by Gasteiger charge is 2.23. The zero-order chi connectivity index (χ0) is 20.8. The third kappa shape index (κ3) is 5.46. The van der Waals surface area contributed by atoms with E-state index in [0.717, 1.165) is 25.7 Å². The molecule has 0 bridgehead atoms. The van der Waals surface area contributed by atoms with Crippen LogP contribution in [0.4, 0.5) is 4.79 Å². The molecule has 1 fully saturated rings. The van der Waals surface area contributed by atoms with Crippen LogP contribution in [0.5, 0.6) is 0 Å². The van der Waals surface area contributed by atoms with Gasteiger partial charge in [-0.25, -0.2) is 9.59 Å². The van der Waals surface area contributed by atoms with E-state index < -0.39 is 30.3 Å². The van der Waals surface area contributed by atoms with Crippen molar-refractivity contribution >= 4 is 29.0 Å². The van der Waals surface area contributed by atoms with Crippen molar-refractivity contribution in [2.45, 2.75) is 51.6 Å². The Kier molecular flexibility index (Phi) is 6.69. The fourth-order valence-corrected chi connectivity index (χ4v) is 3.54. The maximum atomic E-state index is 11.9. The molecule has 2 aromatic rings. The molecule has 0 radical (unpaired) electrons. The van der Waals surface area contributed by atoms with Gasteiger partial charge in [-0.1, -0.05) is 31.9 Å². The Morgan fingerprint density at radius 1 is 1.21 bits per heavy atom. The average Bonchev–Trinajstić information content (AvgIpc) is 3.01. The maximum Gasteiger partial charge on any atom is 0.419 e. The molecule has 1 aliphatic carbocycles. The number of para-hydroxylation sites is 2. The van der Waals surface area contributed by atoms with Crippen molar-refractivity contribution < 1.29 is 23.5 Å². The standard InChI is InChI=1S/C20H25N3O6/c1-13-6-2-3-7-14(13)21-19(26)22-17(24)12-28-18(25)10-11-23-15-8-4-5-9-16(15)29-20(23)27/h4-5,8-9,13-14H,2-3,6-7,10-12H2,1H3,(H2,21,22,24,26)/t13-,14-/m0/s1. The lowest BCUT2D eigenvalue weighted by Gasteiger charge is -2.29. The van der Waals surface area contributed by atoms with Gasteiger partial charge in [0.1, 0.15) is 0 Å². The largest absolute Gasteiger partial charge is 0.456 e. The van der Waals surface area contributed by atoms with Crippen molar-refractivity contribution in [1.29, 1.82) is 0 Å². The summed E-state index contributed by atoms with van der Waals surface area (Å²) in [4.78, 5) is 47.5. The number of imide groups is 1. The second kappa shape index (κ2) is 9.40. The molecule has 2 N–H and O–H groups in total. The number of nitrogens with one attached hydrogen (secondary N) is 2. The van der Waals surface area contributed by atoms with Gasteiger partial charge < -0.3 is 14.5 Å². The van der Waals surface area contributed by atoms with Crippen LogP contribution in [0.15, 0.2) is 33.5 Å². The van der Waals surface area contributed by atoms with E-state index >= 15 is 0 Å².